The second kappa shape index (κ2) is 11.8. The van der Waals surface area contributed by atoms with E-state index in [0.717, 1.165) is 18.6 Å². The van der Waals surface area contributed by atoms with Gasteiger partial charge in [0.15, 0.2) is 6.10 Å². The van der Waals surface area contributed by atoms with Gasteiger partial charge in [-0.15, -0.1) is 0 Å². The highest BCUT2D eigenvalue weighted by molar-refractivity contribution is 5.70. The first-order valence-electron chi connectivity index (χ1n) is 13.5. The van der Waals surface area contributed by atoms with Crippen LogP contribution in [0.3, 0.4) is 0 Å². The molecule has 3 aliphatic rings. The molecule has 40 heavy (non-hydrogen) atoms. The van der Waals surface area contributed by atoms with Crippen LogP contribution in [-0.4, -0.2) is 83.4 Å². The van der Waals surface area contributed by atoms with Gasteiger partial charge in [0.05, 0.1) is 11.5 Å². The number of carboxylic acids is 1. The normalized spacial score (nSPS) is 22.0. The van der Waals surface area contributed by atoms with Crippen molar-refractivity contribution in [1.29, 1.82) is 0 Å². The Labute approximate surface area is 229 Å². The van der Waals surface area contributed by atoms with E-state index in [4.69, 9.17) is 0 Å². The van der Waals surface area contributed by atoms with Gasteiger partial charge < -0.3 is 14.7 Å². The molecule has 224 valence electrons. The first-order chi connectivity index (χ1) is 18.6. The summed E-state index contributed by atoms with van der Waals surface area (Å²) in [5.41, 5.74) is 0.413. The minimum absolute atomic E-state index is 0.214. The minimum atomic E-state index is -4.62. The number of likely N-dealkylation sites (tertiary alicyclic amines) is 3. The van der Waals surface area contributed by atoms with Gasteiger partial charge in [-0.3, -0.25) is 14.6 Å². The number of carboxylic acid groups (broad SMARTS) is 1. The van der Waals surface area contributed by atoms with E-state index >= 15 is 0 Å². The molecule has 0 saturated carbocycles. The average Bonchev–Trinajstić information content (AvgIpc) is 3.29. The molecule has 3 heterocycles. The topological polar surface area (TPSA) is 73.3 Å². The molecule has 3 fully saturated rings. The summed E-state index contributed by atoms with van der Waals surface area (Å²) >= 11 is 0. The highest BCUT2D eigenvalue weighted by atomic mass is 19.4. The molecule has 1 aromatic carbocycles. The summed E-state index contributed by atoms with van der Waals surface area (Å²) in [4.78, 5) is 29.0. The van der Waals surface area contributed by atoms with Crippen LogP contribution >= 0.6 is 0 Å². The molecule has 0 bridgehead atoms. The molecule has 0 aliphatic carbocycles. The molecule has 1 unspecified atom stereocenters. The van der Waals surface area contributed by atoms with Crippen molar-refractivity contribution < 1.29 is 45.8 Å². The van der Waals surface area contributed by atoms with Gasteiger partial charge in [-0.1, -0.05) is 6.07 Å². The fraction of sp³-hybridized carbons (Fsp3) is 0.704. The summed E-state index contributed by atoms with van der Waals surface area (Å²) < 4.78 is 83.4. The van der Waals surface area contributed by atoms with Crippen molar-refractivity contribution >= 4 is 12.1 Å². The Morgan fingerprint density at radius 3 is 2.10 bits per heavy atom. The minimum Gasteiger partial charge on any atom is -0.481 e. The lowest BCUT2D eigenvalue weighted by Gasteiger charge is -2.39. The van der Waals surface area contributed by atoms with Gasteiger partial charge in [0.1, 0.15) is 0 Å². The summed E-state index contributed by atoms with van der Waals surface area (Å²) in [5.74, 6) is -1.28. The molecule has 1 spiro atoms. The summed E-state index contributed by atoms with van der Waals surface area (Å²) in [6.45, 7) is 4.49. The molecule has 0 aromatic heterocycles. The zero-order valence-electron chi connectivity index (χ0n) is 22.4. The average molecular weight is 580 g/mol. The SMILES string of the molecule is CC(OC(=O)N1CCC2(CCN(Cc3ccc(C(F)(F)F)cc3CN3CCC(C(=O)O)CC3)CC2)C1)C(F)(F)F. The van der Waals surface area contributed by atoms with Crippen LogP contribution in [0.25, 0.3) is 0 Å². The van der Waals surface area contributed by atoms with Crippen LogP contribution < -0.4 is 0 Å². The van der Waals surface area contributed by atoms with E-state index in [1.54, 1.807) is 0 Å². The first-order valence-corrected chi connectivity index (χ1v) is 13.5. The number of alkyl halides is 6. The van der Waals surface area contributed by atoms with Crippen molar-refractivity contribution in [3.05, 3.63) is 34.9 Å². The maximum Gasteiger partial charge on any atom is 0.425 e. The smallest absolute Gasteiger partial charge is 0.425 e. The third-order valence-corrected chi connectivity index (χ3v) is 8.61. The van der Waals surface area contributed by atoms with Gasteiger partial charge >= 0.3 is 24.4 Å². The fourth-order valence-corrected chi connectivity index (χ4v) is 5.90. The Morgan fingerprint density at radius 1 is 0.950 bits per heavy atom. The van der Waals surface area contributed by atoms with Crippen LogP contribution in [0.15, 0.2) is 18.2 Å². The van der Waals surface area contributed by atoms with Crippen LogP contribution in [-0.2, 0) is 28.8 Å². The van der Waals surface area contributed by atoms with Crippen LogP contribution in [0, 0.1) is 11.3 Å². The zero-order valence-corrected chi connectivity index (χ0v) is 22.4. The van der Waals surface area contributed by atoms with Gasteiger partial charge in [-0.25, -0.2) is 4.79 Å². The van der Waals surface area contributed by atoms with Crippen molar-refractivity contribution in [2.24, 2.45) is 11.3 Å². The summed E-state index contributed by atoms with van der Waals surface area (Å²) in [6.07, 6.45) is -9.25. The van der Waals surface area contributed by atoms with Crippen LogP contribution in [0.2, 0.25) is 0 Å². The summed E-state index contributed by atoms with van der Waals surface area (Å²) in [6, 6.07) is 3.79. The largest absolute Gasteiger partial charge is 0.481 e. The van der Waals surface area contributed by atoms with Crippen molar-refractivity contribution in [3.8, 4) is 0 Å². The maximum atomic E-state index is 13.5. The van der Waals surface area contributed by atoms with Gasteiger partial charge in [-0.05, 0) is 93.9 Å². The third kappa shape index (κ3) is 7.39. The highest BCUT2D eigenvalue weighted by Crippen LogP contribution is 2.41. The van der Waals surface area contributed by atoms with E-state index in [9.17, 15) is 41.0 Å². The molecule has 1 N–H and O–H groups in total. The maximum absolute atomic E-state index is 13.5. The van der Waals surface area contributed by atoms with E-state index < -0.39 is 42.0 Å². The monoisotopic (exact) mass is 579 g/mol. The van der Waals surface area contributed by atoms with E-state index in [0.29, 0.717) is 90.0 Å². The number of rotatable bonds is 6. The number of hydrogen-bond donors (Lipinski definition) is 1. The van der Waals surface area contributed by atoms with E-state index in [1.165, 1.54) is 17.0 Å². The number of hydrogen-bond acceptors (Lipinski definition) is 5. The molecule has 1 aromatic rings. The number of benzene rings is 1. The molecule has 0 radical (unpaired) electrons. The quantitative estimate of drug-likeness (QED) is 0.457. The standard InChI is InChI=1S/C27H35F6N3O4/c1-18(26(28,29)30)40-24(39)36-13-8-25(17-36)6-11-35(12-7-25)15-20-2-3-22(27(31,32)33)14-21(20)16-34-9-4-19(5-10-34)23(37)38/h2-3,14,18-19H,4-13,15-17H2,1H3,(H,37,38). The Balaban J connectivity index is 1.36. The molecule has 4 rings (SSSR count). The highest BCUT2D eigenvalue weighted by Gasteiger charge is 2.45. The molecule has 3 saturated heterocycles. The number of aliphatic carboxylic acids is 1. The zero-order chi connectivity index (χ0) is 29.3. The number of carbonyl (C=O) groups is 2. The van der Waals surface area contributed by atoms with Crippen LogP contribution in [0.1, 0.15) is 55.7 Å². The molecule has 1 atom stereocenters. The number of nitrogens with zero attached hydrogens (tertiary/aromatic N) is 3. The van der Waals surface area contributed by atoms with Gasteiger partial charge in [-0.2, -0.15) is 26.3 Å². The van der Waals surface area contributed by atoms with Crippen molar-refractivity contribution in [3.63, 3.8) is 0 Å². The van der Waals surface area contributed by atoms with Gasteiger partial charge in [0.2, 0.25) is 0 Å². The van der Waals surface area contributed by atoms with Gasteiger partial charge in [0, 0.05) is 26.2 Å². The predicted molar refractivity (Wildman–Crippen MR) is 132 cm³/mol. The molecular formula is C27H35F6N3O4. The van der Waals surface area contributed by atoms with Gasteiger partial charge in [0.25, 0.3) is 0 Å². The number of amides is 1. The molecule has 3 aliphatic heterocycles. The van der Waals surface area contributed by atoms with Crippen molar-refractivity contribution in [2.75, 3.05) is 39.3 Å². The molecule has 13 heteroatoms. The summed E-state index contributed by atoms with van der Waals surface area (Å²) in [5, 5.41) is 9.23. The van der Waals surface area contributed by atoms with E-state index in [2.05, 4.69) is 9.64 Å². The lowest BCUT2D eigenvalue weighted by Crippen LogP contribution is -2.43. The number of piperidine rings is 2. The van der Waals surface area contributed by atoms with Crippen LogP contribution in [0.4, 0.5) is 31.1 Å². The summed E-state index contributed by atoms with van der Waals surface area (Å²) in [7, 11) is 0. The first kappa shape index (κ1) is 30.4. The van der Waals surface area contributed by atoms with Crippen LogP contribution in [0.5, 0.6) is 0 Å². The van der Waals surface area contributed by atoms with Crippen molar-refractivity contribution in [2.45, 2.75) is 70.6 Å². The number of carbonyl (C=O) groups excluding carboxylic acids is 1. The predicted octanol–water partition coefficient (Wildman–Crippen LogP) is 5.38. The molecular weight excluding hydrogens is 544 g/mol. The van der Waals surface area contributed by atoms with E-state index in [-0.39, 0.29) is 5.41 Å². The lowest BCUT2D eigenvalue weighted by atomic mass is 9.77. The molecule has 7 nitrogen and oxygen atoms in total. The lowest BCUT2D eigenvalue weighted by molar-refractivity contribution is -0.199. The number of ether oxygens (including phenoxy) is 1. The Kier molecular flexibility index (Phi) is 8.94. The second-order valence-corrected chi connectivity index (χ2v) is 11.4. The fourth-order valence-electron chi connectivity index (χ4n) is 5.90. The second-order valence-electron chi connectivity index (χ2n) is 11.4. The molecule has 1 amide bonds. The van der Waals surface area contributed by atoms with E-state index in [1.807, 2.05) is 4.90 Å². The van der Waals surface area contributed by atoms with Crippen molar-refractivity contribution in [1.82, 2.24) is 14.7 Å². The Morgan fingerprint density at radius 2 is 1.52 bits per heavy atom. The number of halogens is 6. The Hall–Kier alpha value is -2.54. The third-order valence-electron chi connectivity index (χ3n) is 8.61. The Bertz CT molecular complexity index is 1060.